The number of unbranched alkanes of at least 4 members (excludes halogenated alkanes) is 38. The van der Waals surface area contributed by atoms with Gasteiger partial charge in [0.2, 0.25) is 0 Å². The Bertz CT molecular complexity index is 1120. The summed E-state index contributed by atoms with van der Waals surface area (Å²) in [5.74, 6) is -2.27. The molecule has 9 nitrogen and oxygen atoms in total. The Balaban J connectivity index is 4.10. The Hall–Kier alpha value is -1.97. The third kappa shape index (κ3) is 51.9. The topological polar surface area (TPSA) is 111 Å². The first kappa shape index (κ1) is 66.0. The van der Waals surface area contributed by atoms with Gasteiger partial charge in [-0.05, 0) is 38.5 Å². The number of nitrogens with zero attached hydrogens (tertiary/aromatic N) is 1. The maximum Gasteiger partial charge on any atom is 0.306 e. The summed E-state index contributed by atoms with van der Waals surface area (Å²) in [5, 5.41) is 11.7. The van der Waals surface area contributed by atoms with Crippen molar-refractivity contribution in [2.24, 2.45) is 0 Å². The fraction of sp³-hybridized carbons (Fsp3) is 0.915. The van der Waals surface area contributed by atoms with Crippen LogP contribution in [0.5, 0.6) is 0 Å². The van der Waals surface area contributed by atoms with Crippen molar-refractivity contribution in [1.29, 1.82) is 0 Å². The summed E-state index contributed by atoms with van der Waals surface area (Å²) in [7, 11) is 5.93. The standard InChI is InChI=1S/C59H113NO8/c1-6-8-10-12-14-16-18-20-22-23-24-25-26-27-28-29-30-31-32-33-34-36-37-39-41-43-45-47-49-56(61)66-53-55(54-67-59(58(63)64)65-52-51-60(3,4)5)68-57(62)50-48-46-44-42-40-38-35-21-19-17-15-13-11-9-7-2/h21,35,55,59H,6-20,22-34,36-54H2,1-5H3/b35-21-. The molecule has 0 heterocycles. The smallest absolute Gasteiger partial charge is 0.306 e. The number of carbonyl (C=O) groups excluding carboxylic acids is 3. The van der Waals surface area contributed by atoms with Crippen LogP contribution in [0.3, 0.4) is 0 Å². The molecule has 402 valence electrons. The molecule has 0 fully saturated rings. The molecule has 0 aliphatic rings. The molecule has 0 bridgehead atoms. The second kappa shape index (κ2) is 51.4. The monoisotopic (exact) mass is 964 g/mol. The number of carboxylic acid groups (broad SMARTS) is 1. The molecule has 0 spiro atoms. The first-order valence-electron chi connectivity index (χ1n) is 29.3. The van der Waals surface area contributed by atoms with Gasteiger partial charge in [-0.25, -0.2) is 0 Å². The minimum atomic E-state index is -1.62. The van der Waals surface area contributed by atoms with Crippen LogP contribution in [0.2, 0.25) is 0 Å². The lowest BCUT2D eigenvalue weighted by atomic mass is 10.0. The predicted octanol–water partition coefficient (Wildman–Crippen LogP) is 15.6. The average Bonchev–Trinajstić information content (AvgIpc) is 3.30. The number of carbonyl (C=O) groups is 3. The van der Waals surface area contributed by atoms with Crippen LogP contribution in [0.1, 0.15) is 290 Å². The van der Waals surface area contributed by atoms with Gasteiger partial charge < -0.3 is 33.3 Å². The lowest BCUT2D eigenvalue weighted by Gasteiger charge is -2.26. The zero-order chi connectivity index (χ0) is 49.9. The lowest BCUT2D eigenvalue weighted by molar-refractivity contribution is -0.870. The fourth-order valence-corrected chi connectivity index (χ4v) is 8.71. The Morgan fingerprint density at radius 1 is 0.426 bits per heavy atom. The van der Waals surface area contributed by atoms with Crippen LogP contribution >= 0.6 is 0 Å². The van der Waals surface area contributed by atoms with E-state index in [9.17, 15) is 19.5 Å². The van der Waals surface area contributed by atoms with E-state index in [0.29, 0.717) is 23.9 Å². The van der Waals surface area contributed by atoms with Crippen molar-refractivity contribution in [2.75, 3.05) is 47.5 Å². The van der Waals surface area contributed by atoms with Gasteiger partial charge in [-0.3, -0.25) is 9.59 Å². The third-order valence-electron chi connectivity index (χ3n) is 13.3. The molecule has 0 aromatic carbocycles. The predicted molar refractivity (Wildman–Crippen MR) is 283 cm³/mol. The normalized spacial score (nSPS) is 12.8. The number of aliphatic carboxylic acids is 1. The number of carboxylic acids is 1. The lowest BCUT2D eigenvalue weighted by Crippen LogP contribution is -2.44. The van der Waals surface area contributed by atoms with E-state index in [-0.39, 0.29) is 32.2 Å². The van der Waals surface area contributed by atoms with Crippen molar-refractivity contribution in [1.82, 2.24) is 0 Å². The van der Waals surface area contributed by atoms with Gasteiger partial charge in [0, 0.05) is 12.8 Å². The summed E-state index contributed by atoms with van der Waals surface area (Å²) in [6.45, 7) is 4.78. The minimum Gasteiger partial charge on any atom is -0.545 e. The van der Waals surface area contributed by atoms with Crippen LogP contribution in [0.25, 0.3) is 0 Å². The number of quaternary nitrogens is 1. The van der Waals surface area contributed by atoms with Crippen molar-refractivity contribution in [3.8, 4) is 0 Å². The number of esters is 2. The van der Waals surface area contributed by atoms with Gasteiger partial charge >= 0.3 is 11.9 Å². The van der Waals surface area contributed by atoms with Gasteiger partial charge in [0.15, 0.2) is 12.4 Å². The molecule has 0 saturated heterocycles. The SMILES string of the molecule is CCCCCCCC/C=C\CCCCCCCC(=O)OC(COC(=O)CCCCCCCCCCCCCCCCCCCCCCCCCCCCCC)COC(OCC[N+](C)(C)C)C(=O)[O-]. The Labute approximate surface area is 421 Å². The Kier molecular flexibility index (Phi) is 49.9. The molecule has 0 saturated carbocycles. The average molecular weight is 965 g/mol. The maximum absolute atomic E-state index is 12.8. The van der Waals surface area contributed by atoms with E-state index in [1.807, 2.05) is 21.1 Å². The van der Waals surface area contributed by atoms with E-state index in [1.165, 1.54) is 205 Å². The highest BCUT2D eigenvalue weighted by Gasteiger charge is 2.22. The summed E-state index contributed by atoms with van der Waals surface area (Å²) in [5.41, 5.74) is 0. The molecule has 0 N–H and O–H groups in total. The van der Waals surface area contributed by atoms with Crippen LogP contribution in [-0.2, 0) is 33.3 Å². The van der Waals surface area contributed by atoms with Crippen LogP contribution in [0.15, 0.2) is 12.2 Å². The van der Waals surface area contributed by atoms with Crippen molar-refractivity contribution in [3.63, 3.8) is 0 Å². The summed E-state index contributed by atoms with van der Waals surface area (Å²) >= 11 is 0. The summed E-state index contributed by atoms with van der Waals surface area (Å²) in [6, 6.07) is 0. The van der Waals surface area contributed by atoms with Gasteiger partial charge in [0.05, 0.1) is 40.3 Å². The van der Waals surface area contributed by atoms with Crippen LogP contribution in [0.4, 0.5) is 0 Å². The fourth-order valence-electron chi connectivity index (χ4n) is 8.71. The highest BCUT2D eigenvalue weighted by molar-refractivity contribution is 5.70. The number of ether oxygens (including phenoxy) is 4. The first-order valence-corrected chi connectivity index (χ1v) is 29.3. The van der Waals surface area contributed by atoms with E-state index in [4.69, 9.17) is 18.9 Å². The molecule has 2 atom stereocenters. The van der Waals surface area contributed by atoms with Crippen LogP contribution < -0.4 is 5.11 Å². The van der Waals surface area contributed by atoms with Crippen LogP contribution in [0, 0.1) is 0 Å². The molecule has 0 radical (unpaired) electrons. The molecule has 0 aliphatic heterocycles. The molecule has 0 aromatic heterocycles. The molecule has 2 unspecified atom stereocenters. The van der Waals surface area contributed by atoms with Crippen LogP contribution in [-0.4, -0.2) is 82.3 Å². The number of likely N-dealkylation sites (N-methyl/N-ethyl adjacent to an activating group) is 1. The highest BCUT2D eigenvalue weighted by Crippen LogP contribution is 2.18. The van der Waals surface area contributed by atoms with Gasteiger partial charge in [0.1, 0.15) is 13.2 Å². The molecule has 0 rings (SSSR count). The second-order valence-corrected chi connectivity index (χ2v) is 21.3. The third-order valence-corrected chi connectivity index (χ3v) is 13.3. The molecule has 68 heavy (non-hydrogen) atoms. The Morgan fingerprint density at radius 2 is 0.750 bits per heavy atom. The molecule has 0 aromatic rings. The molecular weight excluding hydrogens is 851 g/mol. The van der Waals surface area contributed by atoms with Crippen molar-refractivity contribution >= 4 is 17.9 Å². The second-order valence-electron chi connectivity index (χ2n) is 21.3. The molecule has 0 amide bonds. The summed E-state index contributed by atoms with van der Waals surface area (Å²) < 4.78 is 22.7. The van der Waals surface area contributed by atoms with Gasteiger partial charge in [-0.1, -0.05) is 251 Å². The van der Waals surface area contributed by atoms with E-state index in [1.54, 1.807) is 0 Å². The zero-order valence-electron chi connectivity index (χ0n) is 45.8. The highest BCUT2D eigenvalue weighted by atomic mass is 16.7. The van der Waals surface area contributed by atoms with Crippen molar-refractivity contribution < 1.29 is 42.9 Å². The largest absolute Gasteiger partial charge is 0.545 e. The van der Waals surface area contributed by atoms with Gasteiger partial charge in [-0.2, -0.15) is 0 Å². The van der Waals surface area contributed by atoms with Crippen molar-refractivity contribution in [2.45, 2.75) is 302 Å². The zero-order valence-corrected chi connectivity index (χ0v) is 45.8. The van der Waals surface area contributed by atoms with E-state index in [2.05, 4.69) is 26.0 Å². The van der Waals surface area contributed by atoms with E-state index >= 15 is 0 Å². The summed E-state index contributed by atoms with van der Waals surface area (Å²) in [4.78, 5) is 37.2. The van der Waals surface area contributed by atoms with E-state index < -0.39 is 24.3 Å². The summed E-state index contributed by atoms with van der Waals surface area (Å²) in [6.07, 6.45) is 55.6. The quantitative estimate of drug-likeness (QED) is 0.0195. The maximum atomic E-state index is 12.8. The van der Waals surface area contributed by atoms with Gasteiger partial charge in [-0.15, -0.1) is 0 Å². The van der Waals surface area contributed by atoms with E-state index in [0.717, 1.165) is 51.4 Å². The number of rotatable bonds is 55. The molecule has 9 heteroatoms. The Morgan fingerprint density at radius 3 is 1.09 bits per heavy atom. The van der Waals surface area contributed by atoms with Gasteiger partial charge in [0.25, 0.3) is 0 Å². The molecular formula is C59H113NO8. The number of allylic oxidation sites excluding steroid dienone is 2. The molecule has 0 aliphatic carbocycles. The first-order chi connectivity index (χ1) is 33.1. The number of hydrogen-bond donors (Lipinski definition) is 0. The minimum absolute atomic E-state index is 0.150. The van der Waals surface area contributed by atoms with Crippen molar-refractivity contribution in [3.05, 3.63) is 12.2 Å². The number of hydrogen-bond acceptors (Lipinski definition) is 8.